The molecule has 1 atom stereocenters. The highest BCUT2D eigenvalue weighted by molar-refractivity contribution is 6.03. The van der Waals surface area contributed by atoms with Crippen LogP contribution >= 0.6 is 0 Å². The first-order valence-electron chi connectivity index (χ1n) is 15.9. The van der Waals surface area contributed by atoms with Crippen LogP contribution in [0.5, 0.6) is 23.0 Å². The van der Waals surface area contributed by atoms with Gasteiger partial charge in [0.2, 0.25) is 0 Å². The van der Waals surface area contributed by atoms with Crippen LogP contribution in [0.15, 0.2) is 158 Å². The lowest BCUT2D eigenvalue weighted by atomic mass is 9.95. The molecule has 0 saturated heterocycles. The molecule has 1 unspecified atom stereocenters. The quantitative estimate of drug-likeness (QED) is 0.181. The highest BCUT2D eigenvalue weighted by Gasteiger charge is 2.32. The number of benzene rings is 6. The molecular weight excluding hydrogens is 632 g/mol. The molecule has 0 radical (unpaired) electrons. The first kappa shape index (κ1) is 31.7. The second kappa shape index (κ2) is 14.1. The SMILES string of the molecule is O=C1CC(c2ccc(OC(=O)N(c3ccccc3)c3ccccc3)cc2)Oc2cc(OC(=O)N(c3ccccc3)c3ccccc3)cc(O)c21. The van der Waals surface area contributed by atoms with Crippen molar-refractivity contribution < 1.29 is 33.7 Å². The van der Waals surface area contributed by atoms with Crippen LogP contribution in [0.2, 0.25) is 0 Å². The van der Waals surface area contributed by atoms with Crippen molar-refractivity contribution in [3.05, 3.63) is 169 Å². The second-order valence-corrected chi connectivity index (χ2v) is 11.4. The van der Waals surface area contributed by atoms with Crippen molar-refractivity contribution in [3.8, 4) is 23.0 Å². The molecule has 0 aromatic heterocycles. The van der Waals surface area contributed by atoms with Crippen LogP contribution in [0.4, 0.5) is 32.3 Å². The van der Waals surface area contributed by atoms with Gasteiger partial charge in [-0.1, -0.05) is 84.9 Å². The minimum atomic E-state index is -0.719. The van der Waals surface area contributed by atoms with E-state index in [1.165, 1.54) is 21.9 Å². The highest BCUT2D eigenvalue weighted by atomic mass is 16.6. The molecule has 1 heterocycles. The van der Waals surface area contributed by atoms with Crippen LogP contribution in [-0.2, 0) is 0 Å². The number of nitrogens with zero attached hydrogens (tertiary/aromatic N) is 2. The number of phenolic OH excluding ortho intramolecular Hbond substituents is 1. The third-order valence-electron chi connectivity index (χ3n) is 8.06. The molecule has 7 rings (SSSR count). The minimum Gasteiger partial charge on any atom is -0.507 e. The van der Waals surface area contributed by atoms with Crippen molar-refractivity contribution in [2.45, 2.75) is 12.5 Å². The third-order valence-corrected chi connectivity index (χ3v) is 8.06. The number of anilines is 4. The molecule has 0 saturated carbocycles. The molecule has 50 heavy (non-hydrogen) atoms. The summed E-state index contributed by atoms with van der Waals surface area (Å²) in [7, 11) is 0. The van der Waals surface area contributed by atoms with E-state index in [0.717, 1.165) is 0 Å². The van der Waals surface area contributed by atoms with E-state index in [-0.39, 0.29) is 35.0 Å². The summed E-state index contributed by atoms with van der Waals surface area (Å²) in [4.78, 5) is 43.0. The molecule has 9 heteroatoms. The minimum absolute atomic E-state index is 0.000193. The largest absolute Gasteiger partial charge is 0.507 e. The van der Waals surface area contributed by atoms with Gasteiger partial charge in [-0.3, -0.25) is 4.79 Å². The van der Waals surface area contributed by atoms with Gasteiger partial charge in [-0.2, -0.15) is 0 Å². The molecule has 6 aromatic rings. The van der Waals surface area contributed by atoms with E-state index in [4.69, 9.17) is 14.2 Å². The summed E-state index contributed by atoms with van der Waals surface area (Å²) in [6.07, 6.45) is -2.06. The number of rotatable bonds is 7. The fourth-order valence-electron chi connectivity index (χ4n) is 5.73. The lowest BCUT2D eigenvalue weighted by Crippen LogP contribution is -2.29. The van der Waals surface area contributed by atoms with Crippen LogP contribution in [0, 0.1) is 0 Å². The topological polar surface area (TPSA) is 106 Å². The first-order chi connectivity index (χ1) is 24.4. The summed E-state index contributed by atoms with van der Waals surface area (Å²) >= 11 is 0. The standard InChI is InChI=1S/C41H30N2O7/c44-35-25-34(49-41(47)43(31-17-9-3-10-18-31)32-19-11-4-12-20-32)26-38-39(35)36(45)27-37(50-38)28-21-23-33(24-22-28)48-40(46)42(29-13-5-1-6-14-29)30-15-7-2-8-16-30/h1-26,37,44H,27H2. The predicted octanol–water partition coefficient (Wildman–Crippen LogP) is 9.77. The Bertz CT molecular complexity index is 2050. The molecule has 1 aliphatic rings. The molecule has 246 valence electrons. The predicted molar refractivity (Wildman–Crippen MR) is 189 cm³/mol. The summed E-state index contributed by atoms with van der Waals surface area (Å²) in [5.74, 6) is -0.314. The van der Waals surface area contributed by atoms with E-state index in [1.807, 2.05) is 97.1 Å². The number of carbonyl (C=O) groups excluding carboxylic acids is 3. The Morgan fingerprint density at radius 1 is 0.580 bits per heavy atom. The fraction of sp³-hybridized carbons (Fsp3) is 0.0488. The Balaban J connectivity index is 1.09. The highest BCUT2D eigenvalue weighted by Crippen LogP contribution is 2.42. The maximum absolute atomic E-state index is 13.5. The number of ether oxygens (including phenoxy) is 3. The molecule has 0 spiro atoms. The summed E-state index contributed by atoms with van der Waals surface area (Å²) in [5.41, 5.74) is 3.12. The molecule has 6 aromatic carbocycles. The summed E-state index contributed by atoms with van der Waals surface area (Å²) in [6, 6.07) is 45.7. The van der Waals surface area contributed by atoms with Crippen LogP contribution in [-0.4, -0.2) is 23.1 Å². The summed E-state index contributed by atoms with van der Waals surface area (Å²) < 4.78 is 17.7. The smallest absolute Gasteiger partial charge is 0.424 e. The number of para-hydroxylation sites is 4. The second-order valence-electron chi connectivity index (χ2n) is 11.4. The monoisotopic (exact) mass is 662 g/mol. The third kappa shape index (κ3) is 6.74. The van der Waals surface area contributed by atoms with Crippen molar-refractivity contribution >= 4 is 40.7 Å². The van der Waals surface area contributed by atoms with Crippen molar-refractivity contribution in [1.82, 2.24) is 0 Å². The summed E-state index contributed by atoms with van der Waals surface area (Å²) in [5, 5.41) is 10.8. The van der Waals surface area contributed by atoms with Gasteiger partial charge in [0.15, 0.2) is 5.78 Å². The number of amides is 2. The zero-order valence-corrected chi connectivity index (χ0v) is 26.6. The van der Waals surface area contributed by atoms with Gasteiger partial charge in [0.25, 0.3) is 0 Å². The number of carbonyl (C=O) groups is 3. The Kier molecular flexibility index (Phi) is 8.94. The normalized spacial score (nSPS) is 13.4. The number of ketones is 1. The molecule has 1 N–H and O–H groups in total. The Morgan fingerprint density at radius 2 is 1.00 bits per heavy atom. The number of hydrogen-bond donors (Lipinski definition) is 1. The van der Waals surface area contributed by atoms with Gasteiger partial charge >= 0.3 is 12.2 Å². The van der Waals surface area contributed by atoms with Gasteiger partial charge in [0, 0.05) is 12.1 Å². The molecule has 0 bridgehead atoms. The van der Waals surface area contributed by atoms with Gasteiger partial charge in [0.05, 0.1) is 29.2 Å². The Labute approximate surface area is 288 Å². The molecule has 9 nitrogen and oxygen atoms in total. The van der Waals surface area contributed by atoms with Crippen molar-refractivity contribution in [2.24, 2.45) is 0 Å². The van der Waals surface area contributed by atoms with E-state index in [0.29, 0.717) is 34.1 Å². The zero-order valence-electron chi connectivity index (χ0n) is 26.6. The molecule has 2 amide bonds. The fourth-order valence-corrected chi connectivity index (χ4v) is 5.73. The number of fused-ring (bicyclic) bond motifs is 1. The molecule has 1 aliphatic heterocycles. The lowest BCUT2D eigenvalue weighted by molar-refractivity contribution is 0.0845. The van der Waals surface area contributed by atoms with Crippen LogP contribution < -0.4 is 24.0 Å². The van der Waals surface area contributed by atoms with Crippen molar-refractivity contribution in [1.29, 1.82) is 0 Å². The Hall–Kier alpha value is -6.87. The maximum Gasteiger partial charge on any atom is 0.424 e. The first-order valence-corrected chi connectivity index (χ1v) is 15.9. The van der Waals surface area contributed by atoms with Gasteiger partial charge < -0.3 is 19.3 Å². The molecule has 0 fully saturated rings. The van der Waals surface area contributed by atoms with Crippen LogP contribution in [0.3, 0.4) is 0 Å². The van der Waals surface area contributed by atoms with Gasteiger partial charge in [-0.15, -0.1) is 0 Å². The number of phenols is 1. The van der Waals surface area contributed by atoms with E-state index in [2.05, 4.69) is 0 Å². The van der Waals surface area contributed by atoms with Crippen molar-refractivity contribution in [3.63, 3.8) is 0 Å². The van der Waals surface area contributed by atoms with Crippen molar-refractivity contribution in [2.75, 3.05) is 9.80 Å². The van der Waals surface area contributed by atoms with Crippen LogP contribution in [0.25, 0.3) is 0 Å². The average Bonchev–Trinajstić information content (AvgIpc) is 3.13. The number of hydrogen-bond acceptors (Lipinski definition) is 7. The summed E-state index contributed by atoms with van der Waals surface area (Å²) in [6.45, 7) is 0. The zero-order chi connectivity index (χ0) is 34.5. The molecular formula is C41H30N2O7. The number of aromatic hydroxyl groups is 1. The van der Waals surface area contributed by atoms with E-state index in [9.17, 15) is 19.5 Å². The maximum atomic E-state index is 13.5. The van der Waals surface area contributed by atoms with Gasteiger partial charge in [-0.05, 0) is 66.2 Å². The van der Waals surface area contributed by atoms with E-state index < -0.39 is 18.3 Å². The average molecular weight is 663 g/mol. The van der Waals surface area contributed by atoms with E-state index >= 15 is 0 Å². The van der Waals surface area contributed by atoms with Crippen LogP contribution in [0.1, 0.15) is 28.4 Å². The molecule has 0 aliphatic carbocycles. The lowest BCUT2D eigenvalue weighted by Gasteiger charge is -2.27. The number of Topliss-reactive ketones (excluding diaryl/α,β-unsaturated/α-hetero) is 1. The Morgan fingerprint density at radius 3 is 1.44 bits per heavy atom. The van der Waals surface area contributed by atoms with Gasteiger partial charge in [-0.25, -0.2) is 19.4 Å². The van der Waals surface area contributed by atoms with Gasteiger partial charge in [0.1, 0.15) is 34.7 Å². The van der Waals surface area contributed by atoms with E-state index in [1.54, 1.807) is 48.5 Å².